The maximum absolute atomic E-state index is 5.63. The third-order valence-corrected chi connectivity index (χ3v) is 4.52. The highest BCUT2D eigenvalue weighted by Crippen LogP contribution is 2.13. The van der Waals surface area contributed by atoms with Crippen molar-refractivity contribution < 1.29 is 0 Å². The molecule has 0 unspecified atom stereocenters. The smallest absolute Gasteiger partial charge is 0.197 e. The molecule has 0 bridgehead atoms. The molecule has 0 amide bonds. The average molecular weight is 337 g/mol. The molecule has 2 aromatic carbocycles. The molecular formula is C20H23N3S. The summed E-state index contributed by atoms with van der Waals surface area (Å²) < 4.78 is 0. The monoisotopic (exact) mass is 337 g/mol. The highest BCUT2D eigenvalue weighted by Gasteiger charge is 2.13. The quantitative estimate of drug-likeness (QED) is 0.489. The lowest BCUT2D eigenvalue weighted by Crippen LogP contribution is -2.31. The summed E-state index contributed by atoms with van der Waals surface area (Å²) in [5.74, 6) is 0.802. The fraction of sp³-hybridized carbons (Fsp3) is 0.300. The van der Waals surface area contributed by atoms with Crippen molar-refractivity contribution in [2.45, 2.75) is 25.7 Å². The average Bonchev–Trinajstić information content (AvgIpc) is 2.92. The Bertz CT molecular complexity index is 675. The number of likely N-dealkylation sites (tertiary alicyclic amines) is 1. The van der Waals surface area contributed by atoms with E-state index in [4.69, 9.17) is 17.2 Å². The van der Waals surface area contributed by atoms with E-state index in [1.54, 1.807) is 0 Å². The molecule has 1 heterocycles. The number of aliphatic imine (C=N–C) groups is 1. The minimum Gasteiger partial charge on any atom is -0.347 e. The number of anilines is 1. The van der Waals surface area contributed by atoms with Crippen molar-refractivity contribution in [1.29, 1.82) is 0 Å². The van der Waals surface area contributed by atoms with Crippen LogP contribution in [-0.2, 0) is 0 Å². The molecule has 0 aliphatic carbocycles. The van der Waals surface area contributed by atoms with Crippen molar-refractivity contribution in [2.75, 3.05) is 18.4 Å². The van der Waals surface area contributed by atoms with Crippen molar-refractivity contribution in [3.8, 4) is 0 Å². The maximum Gasteiger partial charge on any atom is 0.197 e. The van der Waals surface area contributed by atoms with Crippen molar-refractivity contribution in [3.05, 3.63) is 66.2 Å². The molecule has 0 saturated carbocycles. The van der Waals surface area contributed by atoms with Gasteiger partial charge in [0.2, 0.25) is 0 Å². The van der Waals surface area contributed by atoms with Gasteiger partial charge in [-0.2, -0.15) is 0 Å². The zero-order valence-electron chi connectivity index (χ0n) is 13.8. The predicted octanol–water partition coefficient (Wildman–Crippen LogP) is 4.71. The van der Waals surface area contributed by atoms with E-state index in [2.05, 4.69) is 22.3 Å². The van der Waals surface area contributed by atoms with Gasteiger partial charge in [0.15, 0.2) is 5.11 Å². The van der Waals surface area contributed by atoms with Crippen LogP contribution in [0.15, 0.2) is 65.7 Å². The summed E-state index contributed by atoms with van der Waals surface area (Å²) in [4.78, 5) is 7.00. The van der Waals surface area contributed by atoms with Crippen LogP contribution in [0.5, 0.6) is 0 Å². The van der Waals surface area contributed by atoms with Crippen LogP contribution in [0.25, 0.3) is 0 Å². The van der Waals surface area contributed by atoms with Gasteiger partial charge in [0.05, 0.1) is 0 Å². The second-order valence-electron chi connectivity index (χ2n) is 6.00. The predicted molar refractivity (Wildman–Crippen MR) is 106 cm³/mol. The van der Waals surface area contributed by atoms with E-state index in [0.717, 1.165) is 30.2 Å². The van der Waals surface area contributed by atoms with Gasteiger partial charge in [-0.25, -0.2) is 4.99 Å². The second kappa shape index (κ2) is 8.60. The maximum atomic E-state index is 5.63. The molecule has 1 saturated heterocycles. The first-order chi connectivity index (χ1) is 11.8. The summed E-state index contributed by atoms with van der Waals surface area (Å²) in [6, 6.07) is 20.3. The largest absolute Gasteiger partial charge is 0.347 e. The van der Waals surface area contributed by atoms with Gasteiger partial charge >= 0.3 is 0 Å². The van der Waals surface area contributed by atoms with E-state index in [0.29, 0.717) is 5.11 Å². The summed E-state index contributed by atoms with van der Waals surface area (Å²) in [5, 5.41) is 4.10. The Hall–Kier alpha value is -2.20. The lowest BCUT2D eigenvalue weighted by molar-refractivity contribution is 0.438. The SMILES string of the molecule is S=C(N=C(Nc1ccccc1)c1ccccc1)N1CCCCCC1. The van der Waals surface area contributed by atoms with E-state index in [-0.39, 0.29) is 0 Å². The molecule has 3 rings (SSSR count). The van der Waals surface area contributed by atoms with Crippen LogP contribution in [0.4, 0.5) is 5.69 Å². The van der Waals surface area contributed by atoms with Gasteiger partial charge in [-0.3, -0.25) is 0 Å². The lowest BCUT2D eigenvalue weighted by Gasteiger charge is -2.21. The number of nitrogens with zero attached hydrogens (tertiary/aromatic N) is 2. The standard InChI is InChI=1S/C20H23N3S/c24-20(23-15-9-1-2-10-16-23)22-19(17-11-5-3-6-12-17)21-18-13-7-4-8-14-18/h3-8,11-14H,1-2,9-10,15-16H2,(H,21,22,24). The highest BCUT2D eigenvalue weighted by atomic mass is 32.1. The Morgan fingerprint density at radius 1 is 0.833 bits per heavy atom. The number of benzene rings is 2. The van der Waals surface area contributed by atoms with Gasteiger partial charge in [0.25, 0.3) is 0 Å². The topological polar surface area (TPSA) is 27.6 Å². The fourth-order valence-corrected chi connectivity index (χ4v) is 3.12. The van der Waals surface area contributed by atoms with Crippen molar-refractivity contribution in [3.63, 3.8) is 0 Å². The molecule has 1 aliphatic heterocycles. The molecule has 0 aromatic heterocycles. The Kier molecular flexibility index (Phi) is 5.96. The highest BCUT2D eigenvalue weighted by molar-refractivity contribution is 7.80. The molecule has 1 fully saturated rings. The van der Waals surface area contributed by atoms with Gasteiger partial charge in [-0.1, -0.05) is 61.4 Å². The number of nitrogens with one attached hydrogen (secondary N) is 1. The second-order valence-corrected chi connectivity index (χ2v) is 6.37. The Labute approximate surface area is 149 Å². The Morgan fingerprint density at radius 2 is 1.42 bits per heavy atom. The van der Waals surface area contributed by atoms with E-state index in [9.17, 15) is 0 Å². The summed E-state index contributed by atoms with van der Waals surface area (Å²) in [6.45, 7) is 2.02. The minimum absolute atomic E-state index is 0.680. The molecule has 24 heavy (non-hydrogen) atoms. The van der Waals surface area contributed by atoms with Crippen LogP contribution in [-0.4, -0.2) is 28.9 Å². The van der Waals surface area contributed by atoms with Gasteiger partial charge in [-0.05, 0) is 37.2 Å². The zero-order valence-corrected chi connectivity index (χ0v) is 14.6. The third-order valence-electron chi connectivity index (χ3n) is 4.17. The van der Waals surface area contributed by atoms with Gasteiger partial charge in [0.1, 0.15) is 5.84 Å². The van der Waals surface area contributed by atoms with Crippen LogP contribution in [0.3, 0.4) is 0 Å². The van der Waals surface area contributed by atoms with Crippen molar-refractivity contribution >= 4 is 28.9 Å². The first-order valence-corrected chi connectivity index (χ1v) is 8.99. The molecule has 1 N–H and O–H groups in total. The fourth-order valence-electron chi connectivity index (χ4n) is 2.85. The van der Waals surface area contributed by atoms with Crippen LogP contribution in [0, 0.1) is 0 Å². The molecular weight excluding hydrogens is 314 g/mol. The van der Waals surface area contributed by atoms with Crippen LogP contribution < -0.4 is 5.32 Å². The zero-order chi connectivity index (χ0) is 16.6. The lowest BCUT2D eigenvalue weighted by atomic mass is 10.2. The van der Waals surface area contributed by atoms with Crippen molar-refractivity contribution in [1.82, 2.24) is 4.90 Å². The van der Waals surface area contributed by atoms with Gasteiger partial charge in [0, 0.05) is 24.3 Å². The van der Waals surface area contributed by atoms with E-state index in [1.807, 2.05) is 48.5 Å². The first kappa shape index (κ1) is 16.7. The first-order valence-electron chi connectivity index (χ1n) is 8.58. The molecule has 4 heteroatoms. The molecule has 0 radical (unpaired) electrons. The molecule has 2 aromatic rings. The summed E-state index contributed by atoms with van der Waals surface area (Å²) in [6.07, 6.45) is 4.97. The molecule has 0 atom stereocenters. The summed E-state index contributed by atoms with van der Waals surface area (Å²) >= 11 is 5.63. The molecule has 1 aliphatic rings. The number of rotatable bonds is 2. The Morgan fingerprint density at radius 3 is 2.04 bits per heavy atom. The van der Waals surface area contributed by atoms with E-state index >= 15 is 0 Å². The summed E-state index contributed by atoms with van der Waals surface area (Å²) in [7, 11) is 0. The van der Waals surface area contributed by atoms with Crippen LogP contribution in [0.2, 0.25) is 0 Å². The molecule has 124 valence electrons. The summed E-state index contributed by atoms with van der Waals surface area (Å²) in [5.41, 5.74) is 2.05. The number of thiocarbonyl (C=S) groups is 1. The minimum atomic E-state index is 0.680. The number of hydrogen-bond donors (Lipinski definition) is 1. The van der Waals surface area contributed by atoms with Crippen molar-refractivity contribution in [2.24, 2.45) is 4.99 Å². The molecule has 0 spiro atoms. The number of para-hydroxylation sites is 1. The molecule has 3 nitrogen and oxygen atoms in total. The third kappa shape index (κ3) is 4.65. The number of hydrogen-bond acceptors (Lipinski definition) is 1. The Balaban J connectivity index is 1.84. The normalized spacial score (nSPS) is 15.7. The van der Waals surface area contributed by atoms with Crippen LogP contribution in [0.1, 0.15) is 31.2 Å². The van der Waals surface area contributed by atoms with Gasteiger partial charge in [-0.15, -0.1) is 0 Å². The van der Waals surface area contributed by atoms with Gasteiger partial charge < -0.3 is 10.2 Å². The van der Waals surface area contributed by atoms with Crippen LogP contribution >= 0.6 is 12.2 Å². The number of amidine groups is 1. The van der Waals surface area contributed by atoms with E-state index in [1.165, 1.54) is 25.7 Å². The van der Waals surface area contributed by atoms with E-state index < -0.39 is 0 Å².